The van der Waals surface area contributed by atoms with Gasteiger partial charge in [-0.25, -0.2) is 4.79 Å². The number of hydrogen-bond acceptors (Lipinski definition) is 6. The van der Waals surface area contributed by atoms with Crippen LogP contribution in [0.4, 0.5) is 16.2 Å². The van der Waals surface area contributed by atoms with Crippen LogP contribution in [0.25, 0.3) is 11.1 Å². The first kappa shape index (κ1) is 32.2. The lowest BCUT2D eigenvalue weighted by atomic mass is 9.96. The molecule has 2 amide bonds. The molecule has 3 fully saturated rings. The van der Waals surface area contributed by atoms with Gasteiger partial charge in [0.1, 0.15) is 36.1 Å². The van der Waals surface area contributed by atoms with Gasteiger partial charge in [0.05, 0.1) is 33.0 Å². The second kappa shape index (κ2) is 13.4. The molecule has 3 heterocycles. The number of fused-ring (bicyclic) bond motifs is 5. The zero-order valence-electron chi connectivity index (χ0n) is 25.3. The zero-order chi connectivity index (χ0) is 30.1. The summed E-state index contributed by atoms with van der Waals surface area (Å²) < 4.78 is 18.4. The van der Waals surface area contributed by atoms with Crippen molar-refractivity contribution in [3.63, 3.8) is 0 Å². The fraction of sp³-hybridized carbons (Fsp3) is 0.412. The minimum absolute atomic E-state index is 0. The van der Waals surface area contributed by atoms with E-state index in [9.17, 15) is 14.7 Å². The summed E-state index contributed by atoms with van der Waals surface area (Å²) in [5.41, 5.74) is 4.71. The predicted molar refractivity (Wildman–Crippen MR) is 164 cm³/mol. The van der Waals surface area contributed by atoms with Gasteiger partial charge in [0.2, 0.25) is 5.91 Å². The average molecular weight is 714 g/mol. The number of halogens is 1. The number of aryl methyl sites for hydroxylation is 1. The Morgan fingerprint density at radius 3 is 2.39 bits per heavy atom. The molecule has 0 unspecified atom stereocenters. The van der Waals surface area contributed by atoms with E-state index in [-0.39, 0.29) is 49.0 Å². The number of likely N-dealkylation sites (N-methyl/N-ethyl adjacent to an activating group) is 1. The van der Waals surface area contributed by atoms with Crippen molar-refractivity contribution in [2.24, 2.45) is 0 Å². The van der Waals surface area contributed by atoms with E-state index in [4.69, 9.17) is 14.2 Å². The van der Waals surface area contributed by atoms with Crippen LogP contribution in [0.15, 0.2) is 66.7 Å². The van der Waals surface area contributed by atoms with Gasteiger partial charge in [0.15, 0.2) is 0 Å². The standard InChI is InChI=1S/C34H39N3O6.HI/c1-4-41-30-17-24(13-12-23(30)20-38)35-31(39)15-11-21-10-14-26(22-8-6-5-7-9-22)27(16-21)36-34(40)42-25-18-28-32-33(43-32)29(19-25)37(28,2)3;/h5-10,12-14,16-17,25,28-29,32-33,38H,4,11,15,18-20H2,1-3H3,(H-,35,36,39,40);1H/t25-,28-,29+,32-,33+;. The summed E-state index contributed by atoms with van der Waals surface area (Å²) in [6, 6.07) is 21.7. The Hall–Kier alpha value is -3.19. The summed E-state index contributed by atoms with van der Waals surface area (Å²) in [5.74, 6) is 0.409. The highest BCUT2D eigenvalue weighted by Crippen LogP contribution is 2.51. The maximum absolute atomic E-state index is 13.2. The number of rotatable bonds is 10. The third-order valence-corrected chi connectivity index (χ3v) is 9.18. The molecule has 0 aliphatic carbocycles. The molecule has 3 aliphatic heterocycles. The Kier molecular flexibility index (Phi) is 9.83. The van der Waals surface area contributed by atoms with E-state index in [2.05, 4.69) is 24.7 Å². The molecule has 5 atom stereocenters. The van der Waals surface area contributed by atoms with Gasteiger partial charge in [-0.2, -0.15) is 0 Å². The van der Waals surface area contributed by atoms with Crippen LogP contribution >= 0.6 is 0 Å². The molecular formula is C34H40IN3O6. The molecule has 0 spiro atoms. The first-order valence-electron chi connectivity index (χ1n) is 15.1. The SMILES string of the molecule is CCOc1cc(NC(=O)CCc2ccc(-c3ccccc3)c(NC(=O)O[C@@H]3C[C@@H]4[C@H]5O[C@H]5[C@H](C3)[N+]4(C)C)c2)ccc1CO.[I-]. The minimum Gasteiger partial charge on any atom is -1.00 e. The first-order chi connectivity index (χ1) is 20.8. The van der Waals surface area contributed by atoms with Crippen LogP contribution in [0.3, 0.4) is 0 Å². The number of piperidine rings is 1. The molecule has 6 rings (SSSR count). The van der Waals surface area contributed by atoms with Crippen LogP contribution in [-0.4, -0.2) is 72.7 Å². The second-order valence-corrected chi connectivity index (χ2v) is 12.2. The maximum Gasteiger partial charge on any atom is 0.411 e. The van der Waals surface area contributed by atoms with Crippen molar-refractivity contribution >= 4 is 23.4 Å². The molecule has 2 bridgehead atoms. The minimum atomic E-state index is -0.463. The third-order valence-electron chi connectivity index (χ3n) is 9.18. The zero-order valence-corrected chi connectivity index (χ0v) is 27.5. The van der Waals surface area contributed by atoms with E-state index < -0.39 is 6.09 Å². The van der Waals surface area contributed by atoms with E-state index in [1.807, 2.05) is 55.5 Å². The second-order valence-electron chi connectivity index (χ2n) is 12.2. The number of amides is 2. The Morgan fingerprint density at radius 1 is 0.977 bits per heavy atom. The van der Waals surface area contributed by atoms with Gasteiger partial charge in [0, 0.05) is 42.1 Å². The Morgan fingerprint density at radius 2 is 1.70 bits per heavy atom. The fourth-order valence-electron chi connectivity index (χ4n) is 6.85. The molecule has 3 N–H and O–H groups in total. The van der Waals surface area contributed by atoms with Crippen molar-refractivity contribution in [1.82, 2.24) is 0 Å². The summed E-state index contributed by atoms with van der Waals surface area (Å²) in [4.78, 5) is 26.0. The van der Waals surface area contributed by atoms with Gasteiger partial charge in [-0.15, -0.1) is 0 Å². The number of aliphatic hydroxyl groups excluding tert-OH is 1. The number of nitrogens with one attached hydrogen (secondary N) is 2. The quantitative estimate of drug-likeness (QED) is 0.169. The normalized spacial score (nSPS) is 24.0. The van der Waals surface area contributed by atoms with E-state index in [0.29, 0.717) is 60.0 Å². The molecule has 9 nitrogen and oxygen atoms in total. The number of nitrogens with zero attached hydrogens (tertiary/aromatic N) is 1. The lowest BCUT2D eigenvalue weighted by Gasteiger charge is -2.45. The number of benzene rings is 3. The van der Waals surface area contributed by atoms with E-state index >= 15 is 0 Å². The summed E-state index contributed by atoms with van der Waals surface area (Å²) in [7, 11) is 4.51. The predicted octanol–water partition coefficient (Wildman–Crippen LogP) is 2.13. The summed E-state index contributed by atoms with van der Waals surface area (Å²) >= 11 is 0. The summed E-state index contributed by atoms with van der Waals surface area (Å²) in [6.45, 7) is 2.19. The molecule has 0 saturated carbocycles. The molecule has 10 heteroatoms. The summed E-state index contributed by atoms with van der Waals surface area (Å²) in [6.07, 6.45) is 2.32. The van der Waals surface area contributed by atoms with Crippen molar-refractivity contribution in [1.29, 1.82) is 0 Å². The lowest BCUT2D eigenvalue weighted by Crippen LogP contribution is -3.00. The number of hydrogen-bond donors (Lipinski definition) is 3. The molecule has 3 aromatic rings. The highest BCUT2D eigenvalue weighted by atomic mass is 127. The number of carbonyl (C=O) groups excluding carboxylic acids is 2. The van der Waals surface area contributed by atoms with Crippen LogP contribution in [0.1, 0.15) is 37.3 Å². The number of epoxide rings is 1. The number of carbonyl (C=O) groups is 2. The van der Waals surface area contributed by atoms with Crippen molar-refractivity contribution < 1.29 is 57.4 Å². The van der Waals surface area contributed by atoms with Gasteiger partial charge >= 0.3 is 6.09 Å². The van der Waals surface area contributed by atoms with Crippen LogP contribution < -0.4 is 39.3 Å². The molecule has 0 aromatic heterocycles. The van der Waals surface area contributed by atoms with E-state index in [1.165, 1.54) is 0 Å². The Labute approximate surface area is 275 Å². The Balaban J connectivity index is 0.00000384. The third kappa shape index (κ3) is 6.73. The highest BCUT2D eigenvalue weighted by Gasteiger charge is 2.70. The number of quaternary nitrogens is 1. The average Bonchev–Trinajstić information content (AvgIpc) is 3.76. The number of ether oxygens (including phenoxy) is 3. The smallest absolute Gasteiger partial charge is 0.411 e. The molecular weight excluding hydrogens is 673 g/mol. The maximum atomic E-state index is 13.2. The van der Waals surface area contributed by atoms with Crippen LogP contribution in [0.5, 0.6) is 5.75 Å². The fourth-order valence-corrected chi connectivity index (χ4v) is 6.85. The molecule has 3 saturated heterocycles. The van der Waals surface area contributed by atoms with Crippen LogP contribution in [0.2, 0.25) is 0 Å². The largest absolute Gasteiger partial charge is 1.00 e. The Bertz CT molecular complexity index is 1480. The number of aliphatic hydroxyl groups is 1. The first-order valence-corrected chi connectivity index (χ1v) is 15.1. The van der Waals surface area contributed by atoms with Crippen molar-refractivity contribution in [2.45, 2.75) is 69.6 Å². The van der Waals surface area contributed by atoms with Gasteiger partial charge in [-0.3, -0.25) is 10.1 Å². The van der Waals surface area contributed by atoms with Crippen LogP contribution in [-0.2, 0) is 27.3 Å². The molecule has 3 aromatic carbocycles. The molecule has 0 radical (unpaired) electrons. The number of morpholine rings is 1. The highest BCUT2D eigenvalue weighted by molar-refractivity contribution is 5.93. The van der Waals surface area contributed by atoms with E-state index in [1.54, 1.807) is 18.2 Å². The van der Waals surface area contributed by atoms with Gasteiger partial charge in [-0.05, 0) is 36.6 Å². The van der Waals surface area contributed by atoms with Crippen molar-refractivity contribution in [3.8, 4) is 16.9 Å². The number of anilines is 2. The molecule has 44 heavy (non-hydrogen) atoms. The van der Waals surface area contributed by atoms with Gasteiger partial charge in [0.25, 0.3) is 0 Å². The van der Waals surface area contributed by atoms with Gasteiger partial charge < -0.3 is 53.1 Å². The molecule has 234 valence electrons. The van der Waals surface area contributed by atoms with Crippen LogP contribution in [0, 0.1) is 0 Å². The van der Waals surface area contributed by atoms with Gasteiger partial charge in [-0.1, -0.05) is 48.5 Å². The van der Waals surface area contributed by atoms with E-state index in [0.717, 1.165) is 34.0 Å². The molecule has 3 aliphatic rings. The van der Waals surface area contributed by atoms with Crippen molar-refractivity contribution in [3.05, 3.63) is 77.9 Å². The topological polar surface area (TPSA) is 109 Å². The lowest BCUT2D eigenvalue weighted by molar-refractivity contribution is -0.938. The summed E-state index contributed by atoms with van der Waals surface area (Å²) in [5, 5.41) is 15.5. The monoisotopic (exact) mass is 713 g/mol. The van der Waals surface area contributed by atoms with Crippen molar-refractivity contribution in [2.75, 3.05) is 31.3 Å².